The Kier molecular flexibility index (Phi) is 6.90. The molecule has 1 aliphatic rings. The summed E-state index contributed by atoms with van der Waals surface area (Å²) < 4.78 is 48.8. The molecule has 8 nitrogen and oxygen atoms in total. The Morgan fingerprint density at radius 2 is 1.94 bits per heavy atom. The first-order chi connectivity index (χ1) is 15.1. The molecule has 0 atom stereocenters. The summed E-state index contributed by atoms with van der Waals surface area (Å²) in [5, 5.41) is 0. The maximum absolute atomic E-state index is 14.0. The minimum Gasteiger partial charge on any atom is -0.457 e. The van der Waals surface area contributed by atoms with Crippen LogP contribution in [0.3, 0.4) is 0 Å². The number of aryl methyl sites for hydroxylation is 1. The number of hydrogen-bond acceptors (Lipinski definition) is 7. The Morgan fingerprint density at radius 1 is 1.10 bits per heavy atom. The van der Waals surface area contributed by atoms with Crippen LogP contribution in [0, 0.1) is 5.82 Å². The molecule has 0 bridgehead atoms. The van der Waals surface area contributed by atoms with Crippen molar-refractivity contribution in [2.24, 2.45) is 0 Å². The van der Waals surface area contributed by atoms with Gasteiger partial charge in [-0.3, -0.25) is 4.98 Å². The average molecular weight is 447 g/mol. The fourth-order valence-electron chi connectivity index (χ4n) is 3.41. The molecule has 0 radical (unpaired) electrons. The Hall–Kier alpha value is -2.82. The van der Waals surface area contributed by atoms with E-state index in [2.05, 4.69) is 14.6 Å². The molecule has 0 saturated carbocycles. The van der Waals surface area contributed by atoms with Gasteiger partial charge < -0.3 is 14.4 Å². The second kappa shape index (κ2) is 9.99. The number of morpholine rings is 1. The van der Waals surface area contributed by atoms with Crippen LogP contribution in [0.15, 0.2) is 42.6 Å². The van der Waals surface area contributed by atoms with E-state index in [1.807, 2.05) is 6.07 Å². The molecule has 2 aromatic carbocycles. The van der Waals surface area contributed by atoms with Crippen LogP contribution < -0.4 is 14.4 Å². The number of nitrogens with one attached hydrogen (secondary N) is 1. The number of halogens is 1. The van der Waals surface area contributed by atoms with Crippen molar-refractivity contribution in [2.75, 3.05) is 37.7 Å². The van der Waals surface area contributed by atoms with E-state index in [9.17, 15) is 12.8 Å². The molecule has 0 amide bonds. The monoisotopic (exact) mass is 446 g/mol. The number of aromatic nitrogens is 2. The highest BCUT2D eigenvalue weighted by Gasteiger charge is 2.14. The van der Waals surface area contributed by atoms with Crippen molar-refractivity contribution in [2.45, 2.75) is 12.8 Å². The van der Waals surface area contributed by atoms with Crippen molar-refractivity contribution in [1.29, 1.82) is 0 Å². The fraction of sp³-hybridized carbons (Fsp3) is 0.333. The fourth-order valence-corrected chi connectivity index (χ4v) is 3.75. The number of fused-ring (bicyclic) bond motifs is 1. The van der Waals surface area contributed by atoms with Crippen molar-refractivity contribution in [3.63, 3.8) is 0 Å². The maximum Gasteiger partial charge on any atom is 0.201 e. The summed E-state index contributed by atoms with van der Waals surface area (Å²) in [5.74, 6) is 1.27. The minimum atomic E-state index is -2.62. The molecule has 1 N–H and O–H groups in total. The number of ether oxygens (including phenoxy) is 2. The predicted octanol–water partition coefficient (Wildman–Crippen LogP) is 2.45. The lowest BCUT2D eigenvalue weighted by Crippen LogP contribution is -2.36. The van der Waals surface area contributed by atoms with Crippen molar-refractivity contribution in [3.05, 3.63) is 54.0 Å². The molecule has 2 heterocycles. The molecule has 0 aliphatic carbocycles. The number of rotatable bonds is 8. The average Bonchev–Trinajstić information content (AvgIpc) is 2.76. The normalized spacial score (nSPS) is 14.3. The summed E-state index contributed by atoms with van der Waals surface area (Å²) in [6, 6.07) is 9.86. The molecule has 4 rings (SSSR count). The Balaban J connectivity index is 1.49. The summed E-state index contributed by atoms with van der Waals surface area (Å²) in [5.41, 5.74) is 2.16. The van der Waals surface area contributed by atoms with E-state index in [0.717, 1.165) is 30.0 Å². The van der Waals surface area contributed by atoms with Crippen LogP contribution >= 0.6 is 0 Å². The third-order valence-corrected chi connectivity index (χ3v) is 5.37. The van der Waals surface area contributed by atoms with Gasteiger partial charge in [-0.25, -0.2) is 22.5 Å². The Labute approximate surface area is 181 Å². The molecule has 164 valence electrons. The molecular weight excluding hydrogens is 423 g/mol. The van der Waals surface area contributed by atoms with Gasteiger partial charge in [0.1, 0.15) is 23.1 Å². The molecule has 31 heavy (non-hydrogen) atoms. The third-order valence-electron chi connectivity index (χ3n) is 4.89. The number of benzene rings is 2. The van der Waals surface area contributed by atoms with Crippen LogP contribution in [0.4, 0.5) is 10.2 Å². The molecule has 3 aromatic rings. The number of anilines is 1. The van der Waals surface area contributed by atoms with Gasteiger partial charge in [-0.05, 0) is 42.7 Å². The van der Waals surface area contributed by atoms with Crippen LogP contribution in [-0.2, 0) is 22.0 Å². The Bertz CT molecular complexity index is 1130. The van der Waals surface area contributed by atoms with Crippen LogP contribution in [0.25, 0.3) is 11.0 Å². The second-order valence-corrected chi connectivity index (χ2v) is 7.97. The quantitative estimate of drug-likeness (QED) is 0.406. The number of hydrogen-bond donors (Lipinski definition) is 2. The zero-order valence-corrected chi connectivity index (χ0v) is 17.7. The third kappa shape index (κ3) is 5.87. The van der Waals surface area contributed by atoms with Crippen molar-refractivity contribution >= 4 is 27.7 Å². The zero-order valence-electron chi connectivity index (χ0n) is 16.8. The van der Waals surface area contributed by atoms with E-state index >= 15 is 0 Å². The summed E-state index contributed by atoms with van der Waals surface area (Å²) >= 11 is 0. The van der Waals surface area contributed by atoms with E-state index < -0.39 is 16.7 Å². The molecule has 1 saturated heterocycles. The van der Waals surface area contributed by atoms with Crippen molar-refractivity contribution in [3.8, 4) is 11.5 Å². The Morgan fingerprint density at radius 3 is 2.74 bits per heavy atom. The second-order valence-electron chi connectivity index (χ2n) is 7.14. The SMILES string of the molecule is O=[SH](=O)NCCCc1cc(F)cc(Oc2ccc3ncc(N4CCOCC4)nc3c2)c1. The summed E-state index contributed by atoms with van der Waals surface area (Å²) in [6.45, 7) is 3.17. The van der Waals surface area contributed by atoms with E-state index in [1.54, 1.807) is 24.4 Å². The van der Waals surface area contributed by atoms with Gasteiger partial charge in [-0.1, -0.05) is 0 Å². The number of thiol groups is 1. The van der Waals surface area contributed by atoms with Crippen LogP contribution in [0.2, 0.25) is 0 Å². The van der Waals surface area contributed by atoms with Gasteiger partial charge >= 0.3 is 0 Å². The summed E-state index contributed by atoms with van der Waals surface area (Å²) in [7, 11) is -2.62. The van der Waals surface area contributed by atoms with Gasteiger partial charge in [0.15, 0.2) is 0 Å². The lowest BCUT2D eigenvalue weighted by molar-refractivity contribution is 0.122. The smallest absolute Gasteiger partial charge is 0.201 e. The minimum absolute atomic E-state index is 0.306. The van der Waals surface area contributed by atoms with E-state index in [1.165, 1.54) is 12.1 Å². The molecular formula is C21H23FN4O4S. The van der Waals surface area contributed by atoms with Crippen LogP contribution in [-0.4, -0.2) is 51.2 Å². The van der Waals surface area contributed by atoms with Crippen molar-refractivity contribution in [1.82, 2.24) is 14.7 Å². The molecule has 0 unspecified atom stereocenters. The van der Waals surface area contributed by atoms with E-state index in [4.69, 9.17) is 14.5 Å². The molecule has 1 fully saturated rings. The first-order valence-electron chi connectivity index (χ1n) is 10.0. The van der Waals surface area contributed by atoms with Gasteiger partial charge in [-0.15, -0.1) is 0 Å². The molecule has 10 heteroatoms. The first-order valence-corrected chi connectivity index (χ1v) is 11.2. The highest BCUT2D eigenvalue weighted by Crippen LogP contribution is 2.27. The van der Waals surface area contributed by atoms with Crippen molar-refractivity contribution < 1.29 is 22.3 Å². The summed E-state index contributed by atoms with van der Waals surface area (Å²) in [6.07, 6.45) is 2.84. The zero-order chi connectivity index (χ0) is 21.6. The molecule has 1 aliphatic heterocycles. The standard InChI is InChI=1S/C21H23FN4O4S/c22-16-10-15(2-1-5-24-31(27)28)11-18(12-16)30-17-3-4-19-20(13-17)25-21(14-23-19)26-6-8-29-9-7-26/h3-4,10-14,31H,1-2,5-9H2,(H,24,27,28). The van der Waals surface area contributed by atoms with Gasteiger partial charge in [0.05, 0.1) is 30.4 Å². The highest BCUT2D eigenvalue weighted by molar-refractivity contribution is 7.70. The largest absolute Gasteiger partial charge is 0.457 e. The lowest BCUT2D eigenvalue weighted by Gasteiger charge is -2.27. The van der Waals surface area contributed by atoms with Crippen LogP contribution in [0.5, 0.6) is 11.5 Å². The van der Waals surface area contributed by atoms with Gasteiger partial charge in [-0.2, -0.15) is 0 Å². The predicted molar refractivity (Wildman–Crippen MR) is 116 cm³/mol. The van der Waals surface area contributed by atoms with Gasteiger partial charge in [0.2, 0.25) is 10.9 Å². The van der Waals surface area contributed by atoms with Crippen LogP contribution in [0.1, 0.15) is 12.0 Å². The maximum atomic E-state index is 14.0. The lowest BCUT2D eigenvalue weighted by atomic mass is 10.1. The topological polar surface area (TPSA) is 93.7 Å². The molecule has 0 spiro atoms. The number of nitrogens with zero attached hydrogens (tertiary/aromatic N) is 3. The van der Waals surface area contributed by atoms with E-state index in [0.29, 0.717) is 49.6 Å². The van der Waals surface area contributed by atoms with Gasteiger partial charge in [0, 0.05) is 31.8 Å². The highest BCUT2D eigenvalue weighted by atomic mass is 32.2. The van der Waals surface area contributed by atoms with Gasteiger partial charge in [0.25, 0.3) is 0 Å². The first kappa shape index (κ1) is 21.4. The summed E-state index contributed by atoms with van der Waals surface area (Å²) in [4.78, 5) is 11.3. The molecule has 1 aromatic heterocycles. The van der Waals surface area contributed by atoms with E-state index in [-0.39, 0.29) is 0 Å².